The molecule has 14 heteroatoms. The number of carbonyl (C=O) groups is 2. The normalized spacial score (nSPS) is 17.1. The van der Waals surface area contributed by atoms with Crippen LogP contribution < -0.4 is 4.90 Å². The second-order valence-electron chi connectivity index (χ2n) is 17.6. The molecule has 10 rings (SSSR count). The van der Waals surface area contributed by atoms with Crippen molar-refractivity contribution >= 4 is 28.5 Å². The number of ether oxygens (including phenoxy) is 1. The van der Waals surface area contributed by atoms with Crippen molar-refractivity contribution in [2.75, 3.05) is 63.9 Å². The first-order valence-corrected chi connectivity index (χ1v) is 22.1. The van der Waals surface area contributed by atoms with Crippen LogP contribution in [-0.2, 0) is 43.9 Å². The number of rotatable bonds is 9. The zero-order valence-electron chi connectivity index (χ0n) is 35.9. The Kier molecular flexibility index (Phi) is 11.0. The van der Waals surface area contributed by atoms with Crippen molar-refractivity contribution < 1.29 is 24.5 Å². The highest BCUT2D eigenvalue weighted by molar-refractivity contribution is 5.98. The molecule has 4 aliphatic rings. The van der Waals surface area contributed by atoms with E-state index in [2.05, 4.69) is 55.2 Å². The van der Waals surface area contributed by atoms with E-state index in [-0.39, 0.29) is 34.8 Å². The van der Waals surface area contributed by atoms with Gasteiger partial charge in [-0.15, -0.1) is 0 Å². The monoisotopic (exact) mass is 847 g/mol. The Hall–Kier alpha value is -6.35. The number of hydrogen-bond acceptors (Lipinski definition) is 11. The van der Waals surface area contributed by atoms with E-state index < -0.39 is 0 Å². The van der Waals surface area contributed by atoms with Gasteiger partial charge in [-0.25, -0.2) is 9.97 Å². The van der Waals surface area contributed by atoms with Crippen LogP contribution in [0.4, 0.5) is 5.82 Å². The minimum atomic E-state index is -0.235. The minimum absolute atomic E-state index is 0.00291. The third-order valence-corrected chi connectivity index (χ3v) is 13.1. The lowest BCUT2D eigenvalue weighted by Gasteiger charge is -2.35. The third-order valence-electron chi connectivity index (χ3n) is 13.1. The van der Waals surface area contributed by atoms with E-state index in [4.69, 9.17) is 14.7 Å². The van der Waals surface area contributed by atoms with Gasteiger partial charge in [0.15, 0.2) is 5.82 Å². The molecule has 0 saturated carbocycles. The Morgan fingerprint density at radius 3 is 2.24 bits per heavy atom. The predicted molar refractivity (Wildman–Crippen MR) is 239 cm³/mol. The van der Waals surface area contributed by atoms with Crippen molar-refractivity contribution in [3.05, 3.63) is 129 Å². The number of fused-ring (bicyclic) bond motifs is 3. The molecule has 0 aliphatic carbocycles. The van der Waals surface area contributed by atoms with Gasteiger partial charge in [0.25, 0.3) is 11.8 Å². The van der Waals surface area contributed by atoms with Crippen LogP contribution in [0.5, 0.6) is 11.5 Å². The molecular formula is C49H53N9O5. The molecule has 2 aromatic heterocycles. The largest absolute Gasteiger partial charge is 0.508 e. The summed E-state index contributed by atoms with van der Waals surface area (Å²) in [6.07, 6.45) is 2.50. The average Bonchev–Trinajstić information content (AvgIpc) is 3.97. The summed E-state index contributed by atoms with van der Waals surface area (Å²) in [4.78, 5) is 48.7. The van der Waals surface area contributed by atoms with Crippen LogP contribution in [0.1, 0.15) is 79.6 Å². The Bertz CT molecular complexity index is 2680. The number of morpholine rings is 1. The number of amides is 2. The molecule has 14 nitrogen and oxygen atoms in total. The maximum absolute atomic E-state index is 14.0. The summed E-state index contributed by atoms with van der Waals surface area (Å²) in [7, 11) is 0. The van der Waals surface area contributed by atoms with Crippen LogP contribution in [-0.4, -0.2) is 121 Å². The molecule has 0 bridgehead atoms. The Morgan fingerprint density at radius 1 is 0.746 bits per heavy atom. The van der Waals surface area contributed by atoms with E-state index in [9.17, 15) is 19.8 Å². The van der Waals surface area contributed by atoms with Crippen molar-refractivity contribution in [2.45, 2.75) is 58.9 Å². The van der Waals surface area contributed by atoms with Gasteiger partial charge in [-0.05, 0) is 64.4 Å². The van der Waals surface area contributed by atoms with Gasteiger partial charge in [-0.1, -0.05) is 56.3 Å². The number of anilines is 1. The third kappa shape index (κ3) is 8.21. The molecule has 0 atom stereocenters. The molecule has 4 aliphatic heterocycles. The molecule has 4 aromatic carbocycles. The summed E-state index contributed by atoms with van der Waals surface area (Å²) in [5, 5.41) is 29.1. The lowest BCUT2D eigenvalue weighted by Crippen LogP contribution is -2.45. The van der Waals surface area contributed by atoms with Gasteiger partial charge in [0.2, 0.25) is 0 Å². The van der Waals surface area contributed by atoms with Gasteiger partial charge >= 0.3 is 0 Å². The van der Waals surface area contributed by atoms with E-state index in [0.717, 1.165) is 97.0 Å². The maximum Gasteiger partial charge on any atom is 0.258 e. The average molecular weight is 848 g/mol. The standard InChI is InChI=1S/C49H53N9O5/c1-31(2)39-23-40(45(60)24-44(39)59)49(62)58-28-35-11-8-33(22-36(35)29-58)27-55-16-14-54(15-17-55)26-32-6-9-34(10-7-32)48(61)57-13-12-38-43(30-57)51-46(52-47(38)56-18-20-63-21-19-56)37-4-3-5-42-41(37)25-50-53-42/h3-11,22-25,31,59-60H,12-21,26-30H2,1-2H3,(H,50,53). The smallest absolute Gasteiger partial charge is 0.258 e. The number of nitrogens with zero attached hydrogens (tertiary/aromatic N) is 8. The number of piperazine rings is 1. The van der Waals surface area contributed by atoms with Crippen LogP contribution >= 0.6 is 0 Å². The minimum Gasteiger partial charge on any atom is -0.508 e. The molecule has 63 heavy (non-hydrogen) atoms. The molecular weight excluding hydrogens is 795 g/mol. The first-order valence-electron chi connectivity index (χ1n) is 22.1. The van der Waals surface area contributed by atoms with Gasteiger partial charge in [0.1, 0.15) is 17.3 Å². The molecule has 0 spiro atoms. The molecule has 0 radical (unpaired) electrons. The molecule has 2 saturated heterocycles. The molecule has 324 valence electrons. The molecule has 2 amide bonds. The number of aromatic nitrogens is 4. The quantitative estimate of drug-likeness (QED) is 0.156. The molecule has 0 unspecified atom stereocenters. The van der Waals surface area contributed by atoms with Crippen molar-refractivity contribution in [3.8, 4) is 22.9 Å². The number of hydrogen-bond donors (Lipinski definition) is 3. The Morgan fingerprint density at radius 2 is 1.48 bits per heavy atom. The second kappa shape index (κ2) is 17.1. The number of phenolic OH excluding ortho intramolecular Hbond substituents is 2. The molecule has 2 fully saturated rings. The number of H-pyrrole nitrogens is 1. The summed E-state index contributed by atoms with van der Waals surface area (Å²) < 4.78 is 5.67. The van der Waals surface area contributed by atoms with Crippen LogP contribution in [0.15, 0.2) is 79.0 Å². The Balaban J connectivity index is 0.743. The van der Waals surface area contributed by atoms with Gasteiger partial charge in [-0.3, -0.25) is 24.5 Å². The summed E-state index contributed by atoms with van der Waals surface area (Å²) in [6, 6.07) is 23.5. The summed E-state index contributed by atoms with van der Waals surface area (Å²) in [6.45, 7) is 14.2. The first kappa shape index (κ1) is 40.7. The first-order chi connectivity index (χ1) is 30.6. The van der Waals surface area contributed by atoms with Crippen LogP contribution in [0.2, 0.25) is 0 Å². The van der Waals surface area contributed by atoms with Crippen LogP contribution in [0.3, 0.4) is 0 Å². The predicted octanol–water partition coefficient (Wildman–Crippen LogP) is 6.06. The van der Waals surface area contributed by atoms with Crippen molar-refractivity contribution in [1.29, 1.82) is 0 Å². The van der Waals surface area contributed by atoms with Gasteiger partial charge in [0.05, 0.1) is 42.7 Å². The van der Waals surface area contributed by atoms with Crippen molar-refractivity contribution in [1.82, 2.24) is 39.8 Å². The number of carbonyl (C=O) groups excluding carboxylic acids is 2. The summed E-state index contributed by atoms with van der Waals surface area (Å²) in [5.41, 5.74) is 10.1. The van der Waals surface area contributed by atoms with Crippen molar-refractivity contribution in [3.63, 3.8) is 0 Å². The SMILES string of the molecule is CC(C)c1cc(C(=O)N2Cc3ccc(CN4CCN(Cc5ccc(C(=O)N6CCc7c(nc(-c8cccc9[nH]ncc89)nc7N7CCOCC7)C6)cc5)CC4)cc3C2)c(O)cc1O. The lowest BCUT2D eigenvalue weighted by atomic mass is 9.98. The topological polar surface area (TPSA) is 154 Å². The number of aromatic amines is 1. The van der Waals surface area contributed by atoms with Crippen molar-refractivity contribution in [2.24, 2.45) is 0 Å². The molecule has 6 heterocycles. The summed E-state index contributed by atoms with van der Waals surface area (Å²) in [5.74, 6) is 1.18. The highest BCUT2D eigenvalue weighted by atomic mass is 16.5. The van der Waals surface area contributed by atoms with E-state index in [1.807, 2.05) is 55.3 Å². The number of phenols is 2. The van der Waals surface area contributed by atoms with Gasteiger partial charge < -0.3 is 29.6 Å². The van der Waals surface area contributed by atoms with Gasteiger partial charge in [-0.2, -0.15) is 5.10 Å². The van der Waals surface area contributed by atoms with Crippen LogP contribution in [0, 0.1) is 0 Å². The number of aromatic hydroxyl groups is 2. The second-order valence-corrected chi connectivity index (χ2v) is 17.6. The van der Waals surface area contributed by atoms with Crippen LogP contribution in [0.25, 0.3) is 22.3 Å². The number of nitrogens with one attached hydrogen (secondary N) is 1. The fourth-order valence-corrected chi connectivity index (χ4v) is 9.55. The van der Waals surface area contributed by atoms with E-state index >= 15 is 0 Å². The molecule has 6 aromatic rings. The molecule has 3 N–H and O–H groups in total. The number of benzene rings is 4. The fourth-order valence-electron chi connectivity index (χ4n) is 9.55. The Labute approximate surface area is 366 Å². The van der Waals surface area contributed by atoms with Gasteiger partial charge in [0, 0.05) is 100 Å². The maximum atomic E-state index is 14.0. The zero-order valence-corrected chi connectivity index (χ0v) is 35.9. The lowest BCUT2D eigenvalue weighted by molar-refractivity contribution is 0.0729. The van der Waals surface area contributed by atoms with E-state index in [1.54, 1.807) is 11.0 Å². The fraction of sp³-hybridized carbons (Fsp3) is 0.367. The van der Waals surface area contributed by atoms with E-state index in [0.29, 0.717) is 62.8 Å². The zero-order chi connectivity index (χ0) is 43.2. The highest BCUT2D eigenvalue weighted by Crippen LogP contribution is 2.36. The highest BCUT2D eigenvalue weighted by Gasteiger charge is 2.31. The summed E-state index contributed by atoms with van der Waals surface area (Å²) >= 11 is 0. The van der Waals surface area contributed by atoms with E-state index in [1.165, 1.54) is 17.2 Å².